The molecule has 0 amide bonds. The van der Waals surface area contributed by atoms with Crippen LogP contribution in [0, 0.1) is 32.7 Å². The molecule has 1 nitrogen and oxygen atoms in total. The van der Waals surface area contributed by atoms with E-state index in [9.17, 15) is 22.0 Å². The number of fused-ring (bicyclic) bond motifs is 2. The van der Waals surface area contributed by atoms with Gasteiger partial charge in [0.1, 0.15) is 0 Å². The zero-order chi connectivity index (χ0) is 18.8. The third-order valence-corrected chi connectivity index (χ3v) is 4.53. The molecular formula is C19H9F5IN. The fraction of sp³-hybridized carbons (Fsp3) is 0. The second kappa shape index (κ2) is 7.53. The lowest BCUT2D eigenvalue weighted by molar-refractivity contribution is 0.373. The number of para-hydroxylation sites is 2. The monoisotopic (exact) mass is 473 g/mol. The molecule has 0 spiro atoms. The standard InChI is InChI=1S/C13H9N.C6F5I/c1-3-7-12-10(5-1)9-11-6-2-4-8-13(11)14-12;7-1-2(8)4(10)6(12)5(11)3(1)9/h1-9H;. The molecule has 1 heterocycles. The Morgan fingerprint density at radius 3 is 1.42 bits per heavy atom. The van der Waals surface area contributed by atoms with Crippen molar-refractivity contribution in [2.45, 2.75) is 0 Å². The summed E-state index contributed by atoms with van der Waals surface area (Å²) in [5.41, 5.74) is 2.12. The van der Waals surface area contributed by atoms with Crippen LogP contribution in [0.1, 0.15) is 0 Å². The lowest BCUT2D eigenvalue weighted by Gasteiger charge is -2.00. The maximum atomic E-state index is 12.4. The SMILES string of the molecule is Fc1c(F)c(F)c(I)c(F)c1F.c1ccc2nc3ccccc3cc2c1. The number of nitrogens with zero attached hydrogens (tertiary/aromatic N) is 1. The zero-order valence-corrected chi connectivity index (χ0v) is 15.1. The van der Waals surface area contributed by atoms with Gasteiger partial charge in [-0.2, -0.15) is 0 Å². The van der Waals surface area contributed by atoms with Crippen LogP contribution in [-0.4, -0.2) is 4.98 Å². The van der Waals surface area contributed by atoms with Crippen molar-refractivity contribution >= 4 is 44.4 Å². The number of pyridine rings is 1. The van der Waals surface area contributed by atoms with Crippen molar-refractivity contribution in [3.8, 4) is 0 Å². The Morgan fingerprint density at radius 2 is 0.962 bits per heavy atom. The summed E-state index contributed by atoms with van der Waals surface area (Å²) in [6, 6.07) is 18.6. The van der Waals surface area contributed by atoms with Gasteiger partial charge in [0.2, 0.25) is 5.82 Å². The van der Waals surface area contributed by atoms with Gasteiger partial charge in [0.15, 0.2) is 23.3 Å². The van der Waals surface area contributed by atoms with Crippen molar-refractivity contribution in [3.63, 3.8) is 0 Å². The molecule has 0 radical (unpaired) electrons. The molecule has 0 fully saturated rings. The Kier molecular flexibility index (Phi) is 5.36. The quantitative estimate of drug-likeness (QED) is 0.0951. The van der Waals surface area contributed by atoms with Gasteiger partial charge in [0.25, 0.3) is 0 Å². The predicted molar refractivity (Wildman–Crippen MR) is 98.2 cm³/mol. The maximum Gasteiger partial charge on any atom is 0.200 e. The van der Waals surface area contributed by atoms with Gasteiger partial charge in [-0.15, -0.1) is 0 Å². The molecule has 0 aliphatic rings. The Labute approximate surface area is 158 Å². The largest absolute Gasteiger partial charge is 0.248 e. The first-order valence-corrected chi connectivity index (χ1v) is 8.39. The highest BCUT2D eigenvalue weighted by Gasteiger charge is 2.23. The summed E-state index contributed by atoms with van der Waals surface area (Å²) < 4.78 is 60.6. The van der Waals surface area contributed by atoms with Gasteiger partial charge in [-0.1, -0.05) is 36.4 Å². The minimum atomic E-state index is -2.13. The first-order chi connectivity index (χ1) is 12.4. The Bertz CT molecular complexity index is 904. The summed E-state index contributed by atoms with van der Waals surface area (Å²) >= 11 is 1.04. The topological polar surface area (TPSA) is 12.9 Å². The van der Waals surface area contributed by atoms with E-state index in [0.717, 1.165) is 33.6 Å². The Morgan fingerprint density at radius 1 is 0.577 bits per heavy atom. The highest BCUT2D eigenvalue weighted by Crippen LogP contribution is 2.23. The van der Waals surface area contributed by atoms with E-state index in [0.29, 0.717) is 0 Å². The van der Waals surface area contributed by atoms with E-state index in [2.05, 4.69) is 23.2 Å². The predicted octanol–water partition coefficient (Wildman–Crippen LogP) is 6.37. The van der Waals surface area contributed by atoms with E-state index in [4.69, 9.17) is 0 Å². The van der Waals surface area contributed by atoms with Crippen LogP contribution < -0.4 is 0 Å². The van der Waals surface area contributed by atoms with Gasteiger partial charge in [0.05, 0.1) is 14.6 Å². The second-order valence-electron chi connectivity index (χ2n) is 5.26. The number of hydrogen-bond acceptors (Lipinski definition) is 1. The van der Waals surface area contributed by atoms with Crippen molar-refractivity contribution in [2.75, 3.05) is 0 Å². The fourth-order valence-corrected chi connectivity index (χ4v) is 2.77. The molecule has 0 saturated carbocycles. The zero-order valence-electron chi connectivity index (χ0n) is 12.9. The van der Waals surface area contributed by atoms with Crippen LogP contribution in [0.4, 0.5) is 22.0 Å². The van der Waals surface area contributed by atoms with Crippen LogP contribution in [0.25, 0.3) is 21.8 Å². The molecule has 0 saturated heterocycles. The molecule has 4 rings (SSSR count). The highest BCUT2D eigenvalue weighted by molar-refractivity contribution is 14.1. The smallest absolute Gasteiger partial charge is 0.200 e. The molecule has 7 heteroatoms. The first kappa shape index (κ1) is 18.5. The van der Waals surface area contributed by atoms with Crippen LogP contribution in [0.15, 0.2) is 54.6 Å². The van der Waals surface area contributed by atoms with Crippen LogP contribution in [0.3, 0.4) is 0 Å². The minimum Gasteiger partial charge on any atom is -0.248 e. The van der Waals surface area contributed by atoms with E-state index in [1.807, 2.05) is 36.4 Å². The number of benzene rings is 3. The lowest BCUT2D eigenvalue weighted by Crippen LogP contribution is -2.03. The van der Waals surface area contributed by atoms with Gasteiger partial charge >= 0.3 is 0 Å². The van der Waals surface area contributed by atoms with E-state index in [1.165, 1.54) is 10.8 Å². The molecule has 1 aromatic heterocycles. The first-order valence-electron chi connectivity index (χ1n) is 7.31. The van der Waals surface area contributed by atoms with Gasteiger partial charge in [-0.05, 0) is 40.8 Å². The number of rotatable bonds is 0. The van der Waals surface area contributed by atoms with Gasteiger partial charge < -0.3 is 0 Å². The highest BCUT2D eigenvalue weighted by atomic mass is 127. The molecule has 0 aliphatic heterocycles. The number of hydrogen-bond donors (Lipinski definition) is 0. The molecule has 0 N–H and O–H groups in total. The molecule has 0 aliphatic carbocycles. The van der Waals surface area contributed by atoms with Crippen LogP contribution >= 0.6 is 22.6 Å². The van der Waals surface area contributed by atoms with Crippen LogP contribution in [0.5, 0.6) is 0 Å². The summed E-state index contributed by atoms with van der Waals surface area (Å²) in [6.07, 6.45) is 0. The molecule has 0 atom stereocenters. The summed E-state index contributed by atoms with van der Waals surface area (Å²) in [4.78, 5) is 4.58. The molecule has 132 valence electrons. The Hall–Kier alpha value is -2.29. The average Bonchev–Trinajstić information content (AvgIpc) is 2.68. The third-order valence-electron chi connectivity index (χ3n) is 3.58. The molecular weight excluding hydrogens is 464 g/mol. The lowest BCUT2D eigenvalue weighted by atomic mass is 10.1. The number of aromatic nitrogens is 1. The molecule has 0 bridgehead atoms. The van der Waals surface area contributed by atoms with E-state index in [-0.39, 0.29) is 0 Å². The fourth-order valence-electron chi connectivity index (χ4n) is 2.30. The van der Waals surface area contributed by atoms with Gasteiger partial charge in [-0.25, -0.2) is 26.9 Å². The summed E-state index contributed by atoms with van der Waals surface area (Å²) in [6.45, 7) is 0. The Balaban J connectivity index is 0.000000153. The van der Waals surface area contributed by atoms with Crippen LogP contribution in [0.2, 0.25) is 0 Å². The molecule has 26 heavy (non-hydrogen) atoms. The van der Waals surface area contributed by atoms with Gasteiger partial charge in [-0.3, -0.25) is 0 Å². The van der Waals surface area contributed by atoms with Crippen molar-refractivity contribution in [3.05, 3.63) is 87.3 Å². The molecule has 3 aromatic carbocycles. The summed E-state index contributed by atoms with van der Waals surface area (Å²) in [7, 11) is 0. The molecule has 0 unspecified atom stereocenters. The van der Waals surface area contributed by atoms with Crippen molar-refractivity contribution in [2.24, 2.45) is 0 Å². The minimum absolute atomic E-state index is 0.899. The van der Waals surface area contributed by atoms with Gasteiger partial charge in [0, 0.05) is 10.8 Å². The summed E-state index contributed by atoms with van der Waals surface area (Å²) in [5.74, 6) is -9.57. The van der Waals surface area contributed by atoms with E-state index < -0.39 is 32.7 Å². The van der Waals surface area contributed by atoms with E-state index >= 15 is 0 Å². The van der Waals surface area contributed by atoms with Crippen molar-refractivity contribution in [1.29, 1.82) is 0 Å². The van der Waals surface area contributed by atoms with E-state index in [1.54, 1.807) is 0 Å². The summed E-state index contributed by atoms with van der Waals surface area (Å²) in [5, 5.41) is 2.40. The third kappa shape index (κ3) is 3.48. The van der Waals surface area contributed by atoms with Crippen LogP contribution in [-0.2, 0) is 0 Å². The molecule has 4 aromatic rings. The normalized spacial score (nSPS) is 10.7. The average molecular weight is 473 g/mol. The maximum absolute atomic E-state index is 12.4. The van der Waals surface area contributed by atoms with Crippen molar-refractivity contribution in [1.82, 2.24) is 4.98 Å². The number of halogens is 6. The van der Waals surface area contributed by atoms with Crippen molar-refractivity contribution < 1.29 is 22.0 Å². The second-order valence-corrected chi connectivity index (χ2v) is 6.34.